The molecule has 0 bridgehead atoms. The molecule has 220 valence electrons. The number of carbonyl (C=O) groups excluding carboxylic acids is 2. The molecule has 0 saturated carbocycles. The zero-order chi connectivity index (χ0) is 29.1. The van der Waals surface area contributed by atoms with E-state index >= 15 is 0 Å². The molecule has 0 spiro atoms. The Balaban J connectivity index is 1.68. The van der Waals surface area contributed by atoms with Crippen molar-refractivity contribution in [3.8, 4) is 11.5 Å². The largest absolute Gasteiger partial charge is 0.459 e. The van der Waals surface area contributed by atoms with Crippen molar-refractivity contribution in [3.63, 3.8) is 0 Å². The summed E-state index contributed by atoms with van der Waals surface area (Å²) in [6.07, 6.45) is 3.81. The van der Waals surface area contributed by atoms with E-state index in [1.807, 2.05) is 63.2 Å². The van der Waals surface area contributed by atoms with Crippen molar-refractivity contribution < 1.29 is 33.6 Å². The van der Waals surface area contributed by atoms with Crippen LogP contribution in [-0.4, -0.2) is 62.7 Å². The van der Waals surface area contributed by atoms with Gasteiger partial charge in [0.05, 0.1) is 19.3 Å². The summed E-state index contributed by atoms with van der Waals surface area (Å²) >= 11 is 0. The van der Waals surface area contributed by atoms with Gasteiger partial charge in [-0.3, -0.25) is 0 Å². The van der Waals surface area contributed by atoms with Crippen molar-refractivity contribution in [1.82, 2.24) is 5.32 Å². The molecule has 9 nitrogen and oxygen atoms in total. The van der Waals surface area contributed by atoms with Gasteiger partial charge in [0.25, 0.3) is 0 Å². The Labute approximate surface area is 237 Å². The number of ether oxygens (including phenoxy) is 4. The number of hydrogen-bond acceptors (Lipinski definition) is 9. The first kappa shape index (κ1) is 31.2. The molecule has 2 aromatic rings. The van der Waals surface area contributed by atoms with Crippen LogP contribution in [0.5, 0.6) is 11.5 Å². The summed E-state index contributed by atoms with van der Waals surface area (Å²) < 4.78 is 22.3. The van der Waals surface area contributed by atoms with Gasteiger partial charge in [-0.2, -0.15) is 0 Å². The fraction of sp³-hybridized carbons (Fsp3) is 0.548. The first-order valence-electron chi connectivity index (χ1n) is 14.3. The molecule has 0 amide bonds. The van der Waals surface area contributed by atoms with E-state index in [4.69, 9.17) is 18.9 Å². The average Bonchev–Trinajstić information content (AvgIpc) is 3.35. The predicted octanol–water partition coefficient (Wildman–Crippen LogP) is 4.55. The summed E-state index contributed by atoms with van der Waals surface area (Å²) in [6, 6.07) is 13.3. The molecule has 2 N–H and O–H groups in total. The van der Waals surface area contributed by atoms with Crippen molar-refractivity contribution in [2.45, 2.75) is 77.2 Å². The van der Waals surface area contributed by atoms with E-state index in [9.17, 15) is 14.7 Å². The van der Waals surface area contributed by atoms with Crippen molar-refractivity contribution in [2.24, 2.45) is 0 Å². The number of hydrogen-bond donors (Lipinski definition) is 2. The van der Waals surface area contributed by atoms with Crippen molar-refractivity contribution in [2.75, 3.05) is 38.8 Å². The Bertz CT molecular complexity index is 1100. The number of benzene rings is 2. The van der Waals surface area contributed by atoms with Gasteiger partial charge < -0.3 is 34.3 Å². The lowest BCUT2D eigenvalue weighted by molar-refractivity contribution is -0.202. The number of aliphatic hydroxyl groups excluding tert-OH is 1. The van der Waals surface area contributed by atoms with Crippen LogP contribution < -0.4 is 19.7 Å². The molecule has 40 heavy (non-hydrogen) atoms. The molecule has 0 saturated heterocycles. The van der Waals surface area contributed by atoms with Gasteiger partial charge in [-0.25, -0.2) is 9.59 Å². The number of nitrogens with zero attached hydrogens (tertiary/aromatic N) is 1. The van der Waals surface area contributed by atoms with Crippen molar-refractivity contribution in [1.29, 1.82) is 0 Å². The monoisotopic (exact) mass is 556 g/mol. The van der Waals surface area contributed by atoms with Gasteiger partial charge in [0, 0.05) is 32.4 Å². The minimum absolute atomic E-state index is 0.0785. The summed E-state index contributed by atoms with van der Waals surface area (Å²) in [5, 5.41) is 14.2. The second-order valence-electron chi connectivity index (χ2n) is 10.3. The molecule has 0 fully saturated rings. The van der Waals surface area contributed by atoms with Gasteiger partial charge in [-0.15, -0.1) is 0 Å². The van der Waals surface area contributed by atoms with Crippen LogP contribution in [-0.2, 0) is 25.5 Å². The lowest BCUT2D eigenvalue weighted by Gasteiger charge is -2.23. The summed E-state index contributed by atoms with van der Waals surface area (Å²) in [5.74, 6) is -3.58. The van der Waals surface area contributed by atoms with Crippen LogP contribution in [0, 0.1) is 0 Å². The van der Waals surface area contributed by atoms with Gasteiger partial charge in [-0.05, 0) is 61.1 Å². The van der Waals surface area contributed by atoms with E-state index in [1.54, 1.807) is 12.1 Å². The van der Waals surface area contributed by atoms with Gasteiger partial charge in [0.15, 0.2) is 11.5 Å². The van der Waals surface area contributed by atoms with Gasteiger partial charge in [0.2, 0.25) is 0 Å². The molecule has 1 aliphatic heterocycles. The second-order valence-corrected chi connectivity index (χ2v) is 10.3. The number of fused-ring (bicyclic) bond motifs is 1. The first-order chi connectivity index (χ1) is 19.2. The van der Waals surface area contributed by atoms with E-state index in [0.717, 1.165) is 36.1 Å². The summed E-state index contributed by atoms with van der Waals surface area (Å²) in [6.45, 7) is 6.74. The van der Waals surface area contributed by atoms with Crippen molar-refractivity contribution in [3.05, 3.63) is 53.6 Å². The molecule has 0 aliphatic carbocycles. The Morgan fingerprint density at radius 2 is 1.60 bits per heavy atom. The minimum Gasteiger partial charge on any atom is -0.459 e. The van der Waals surface area contributed by atoms with Crippen molar-refractivity contribution >= 4 is 17.6 Å². The first-order valence-corrected chi connectivity index (χ1v) is 14.3. The van der Waals surface area contributed by atoms with Crippen LogP contribution in [0.25, 0.3) is 0 Å². The third-order valence-electron chi connectivity index (χ3n) is 6.86. The van der Waals surface area contributed by atoms with Crippen LogP contribution in [0.4, 0.5) is 5.69 Å². The standard InChI is InChI=1S/C31H44N2O7/c1-6-9-16-37-29(35)31(30(36)38-17-10-7-2)39-27-15-14-22(19-28(27)40-31)18-24(8-3)32-21-26(34)23-12-11-13-25(20-23)33(4)5/h11-15,19-20,24,26,32,34H,6-10,16-18,21H2,1-5H3. The Morgan fingerprint density at radius 3 is 2.20 bits per heavy atom. The fourth-order valence-electron chi connectivity index (χ4n) is 4.28. The van der Waals surface area contributed by atoms with Crippen LogP contribution in [0.1, 0.15) is 70.1 Å². The maximum atomic E-state index is 13.0. The zero-order valence-corrected chi connectivity index (χ0v) is 24.4. The van der Waals surface area contributed by atoms with Crippen LogP contribution in [0.15, 0.2) is 42.5 Å². The number of nitrogens with one attached hydrogen (secondary N) is 1. The zero-order valence-electron chi connectivity index (χ0n) is 24.4. The predicted molar refractivity (Wildman–Crippen MR) is 154 cm³/mol. The highest BCUT2D eigenvalue weighted by atomic mass is 16.8. The molecule has 9 heteroatoms. The summed E-state index contributed by atoms with van der Waals surface area (Å²) in [5.41, 5.74) is 2.81. The maximum Gasteiger partial charge on any atom is 0.453 e. The van der Waals surface area contributed by atoms with Crippen LogP contribution in [0.2, 0.25) is 0 Å². The normalized spacial score (nSPS) is 14.8. The van der Waals surface area contributed by atoms with Crippen LogP contribution >= 0.6 is 0 Å². The topological polar surface area (TPSA) is 107 Å². The molecule has 0 aromatic heterocycles. The maximum absolute atomic E-state index is 13.0. The SMILES string of the molecule is CCCCOC(=O)C1(C(=O)OCCCC)Oc2ccc(CC(CC)NCC(O)c3cccc(N(C)C)c3)cc2O1. The lowest BCUT2D eigenvalue weighted by Crippen LogP contribution is -2.56. The van der Waals surface area contributed by atoms with E-state index in [0.29, 0.717) is 25.8 Å². The minimum atomic E-state index is -2.31. The smallest absolute Gasteiger partial charge is 0.453 e. The molecular weight excluding hydrogens is 512 g/mol. The van der Waals surface area contributed by atoms with Gasteiger partial charge >= 0.3 is 17.7 Å². The van der Waals surface area contributed by atoms with Gasteiger partial charge in [-0.1, -0.05) is 51.8 Å². The quantitative estimate of drug-likeness (QED) is 0.175. The van der Waals surface area contributed by atoms with E-state index in [-0.39, 0.29) is 30.8 Å². The Kier molecular flexibility index (Phi) is 11.6. The number of carbonyl (C=O) groups is 2. The number of esters is 2. The van der Waals surface area contributed by atoms with E-state index in [1.165, 1.54) is 0 Å². The lowest BCUT2D eigenvalue weighted by atomic mass is 10.0. The average molecular weight is 557 g/mol. The summed E-state index contributed by atoms with van der Waals surface area (Å²) in [4.78, 5) is 28.0. The molecule has 1 aliphatic rings. The van der Waals surface area contributed by atoms with Gasteiger partial charge in [0.1, 0.15) is 0 Å². The summed E-state index contributed by atoms with van der Waals surface area (Å²) in [7, 11) is 3.94. The molecule has 2 atom stereocenters. The molecule has 2 aromatic carbocycles. The Morgan fingerprint density at radius 1 is 0.950 bits per heavy atom. The van der Waals surface area contributed by atoms with E-state index < -0.39 is 23.8 Å². The van der Waals surface area contributed by atoms with Crippen LogP contribution in [0.3, 0.4) is 0 Å². The third kappa shape index (κ3) is 7.88. The number of rotatable bonds is 16. The van der Waals surface area contributed by atoms with E-state index in [2.05, 4.69) is 12.2 Å². The number of unbranched alkanes of at least 4 members (excludes halogenated alkanes) is 2. The molecule has 3 rings (SSSR count). The molecular formula is C31H44N2O7. The molecule has 0 radical (unpaired) electrons. The number of aliphatic hydroxyl groups is 1. The molecule has 1 heterocycles. The molecule has 2 unspecified atom stereocenters. The highest BCUT2D eigenvalue weighted by Crippen LogP contribution is 2.41. The Hall–Kier alpha value is -3.30. The second kappa shape index (κ2) is 14.9. The number of anilines is 1. The fourth-order valence-corrected chi connectivity index (χ4v) is 4.28. The third-order valence-corrected chi connectivity index (χ3v) is 6.86. The highest BCUT2D eigenvalue weighted by Gasteiger charge is 2.59. The highest BCUT2D eigenvalue weighted by molar-refractivity contribution is 6.03.